The Balaban J connectivity index is 2.14. The van der Waals surface area contributed by atoms with E-state index in [-0.39, 0.29) is 0 Å². The lowest BCUT2D eigenvalue weighted by molar-refractivity contribution is 0.372. The molecule has 0 nitrogen and oxygen atoms in total. The summed E-state index contributed by atoms with van der Waals surface area (Å²) in [5, 5.41) is 0. The van der Waals surface area contributed by atoms with Gasteiger partial charge in [-0.2, -0.15) is 0 Å². The van der Waals surface area contributed by atoms with Crippen molar-refractivity contribution in [2.24, 2.45) is 0 Å². The van der Waals surface area contributed by atoms with Crippen LogP contribution in [0.15, 0.2) is 0 Å². The van der Waals surface area contributed by atoms with Crippen molar-refractivity contribution in [3.8, 4) is 0 Å². The first-order valence-electron chi connectivity index (χ1n) is 6.34. The minimum atomic E-state index is -2.34. The van der Waals surface area contributed by atoms with Crippen LogP contribution in [0.3, 0.4) is 0 Å². The molecule has 0 bridgehead atoms. The first-order chi connectivity index (χ1) is 12.1. The van der Waals surface area contributed by atoms with E-state index in [0.29, 0.717) is 21.6 Å². The maximum Gasteiger partial charge on any atom is 0.200 e. The van der Waals surface area contributed by atoms with E-state index >= 15 is 0 Å². The third kappa shape index (κ3) is 3.61. The fraction of sp³-hybridized carbons (Fsp3) is 0.143. The molecule has 0 aliphatic heterocycles. The summed E-state index contributed by atoms with van der Waals surface area (Å²) in [6.07, 6.45) is 0. The average Bonchev–Trinajstić information content (AvgIpc) is 2.63. The van der Waals surface area contributed by atoms with Gasteiger partial charge in [-0.25, -0.2) is 43.9 Å². The van der Waals surface area contributed by atoms with E-state index in [4.69, 9.17) is 0 Å². The Morgan fingerprint density at radius 2 is 0.538 bits per heavy atom. The van der Waals surface area contributed by atoms with Crippen LogP contribution in [0.5, 0.6) is 0 Å². The minimum Gasteiger partial charge on any atom is -0.203 e. The Labute approximate surface area is 147 Å². The van der Waals surface area contributed by atoms with Gasteiger partial charge < -0.3 is 0 Å². The molecular formula is C14H4F10S2. The largest absolute Gasteiger partial charge is 0.203 e. The molecule has 0 amide bonds. The highest BCUT2D eigenvalue weighted by molar-refractivity contribution is 8.76. The average molecular weight is 426 g/mol. The molecule has 0 radical (unpaired) electrons. The van der Waals surface area contributed by atoms with Crippen molar-refractivity contribution in [2.75, 3.05) is 0 Å². The highest BCUT2D eigenvalue weighted by Crippen LogP contribution is 2.35. The minimum absolute atomic E-state index is 0.395. The van der Waals surface area contributed by atoms with E-state index in [1.54, 1.807) is 0 Å². The number of hydrogen-bond donors (Lipinski definition) is 0. The zero-order valence-electron chi connectivity index (χ0n) is 12.0. The lowest BCUT2D eigenvalue weighted by atomic mass is 10.2. The van der Waals surface area contributed by atoms with Crippen molar-refractivity contribution in [1.82, 2.24) is 0 Å². The van der Waals surface area contributed by atoms with Gasteiger partial charge in [0.2, 0.25) is 11.6 Å². The van der Waals surface area contributed by atoms with Gasteiger partial charge in [0, 0.05) is 22.6 Å². The molecule has 0 atom stereocenters. The lowest BCUT2D eigenvalue weighted by Gasteiger charge is -2.09. The number of rotatable bonds is 5. The monoisotopic (exact) mass is 426 g/mol. The van der Waals surface area contributed by atoms with Crippen LogP contribution in [0.1, 0.15) is 11.1 Å². The predicted molar refractivity (Wildman–Crippen MR) is 75.1 cm³/mol. The van der Waals surface area contributed by atoms with Gasteiger partial charge in [0.05, 0.1) is 0 Å². The van der Waals surface area contributed by atoms with E-state index in [9.17, 15) is 43.9 Å². The standard InChI is InChI=1S/C14H4F10S2/c15-5-3(6(16)10(20)13(23)9(5)19)1-25-26-2-4-7(17)11(21)14(24)12(22)8(4)18/h1-2H2. The maximum absolute atomic E-state index is 13.4. The quantitative estimate of drug-likeness (QED) is 0.185. The Kier molecular flexibility index (Phi) is 6.37. The van der Waals surface area contributed by atoms with Crippen LogP contribution in [0.2, 0.25) is 0 Å². The van der Waals surface area contributed by atoms with E-state index in [1.165, 1.54) is 0 Å². The van der Waals surface area contributed by atoms with Gasteiger partial charge in [-0.3, -0.25) is 0 Å². The number of hydrogen-bond acceptors (Lipinski definition) is 2. The summed E-state index contributed by atoms with van der Waals surface area (Å²) in [7, 11) is 0.790. The molecule has 2 aromatic rings. The molecule has 0 unspecified atom stereocenters. The van der Waals surface area contributed by atoms with Gasteiger partial charge in [-0.05, 0) is 0 Å². The Morgan fingerprint density at radius 3 is 0.769 bits per heavy atom. The van der Waals surface area contributed by atoms with Gasteiger partial charge in [0.1, 0.15) is 0 Å². The number of benzene rings is 2. The Hall–Kier alpha value is -1.56. The number of halogens is 10. The molecule has 0 spiro atoms. The second-order valence-electron chi connectivity index (χ2n) is 4.62. The molecule has 2 rings (SSSR count). The van der Waals surface area contributed by atoms with Crippen LogP contribution in [-0.2, 0) is 11.5 Å². The first-order valence-corrected chi connectivity index (χ1v) is 8.83. The topological polar surface area (TPSA) is 0 Å². The van der Waals surface area contributed by atoms with Crippen molar-refractivity contribution in [2.45, 2.75) is 11.5 Å². The van der Waals surface area contributed by atoms with Crippen molar-refractivity contribution in [1.29, 1.82) is 0 Å². The molecule has 0 heterocycles. The normalized spacial score (nSPS) is 11.3. The van der Waals surface area contributed by atoms with E-state index in [1.807, 2.05) is 0 Å². The summed E-state index contributed by atoms with van der Waals surface area (Å²) in [4.78, 5) is 0. The molecule has 2 aromatic carbocycles. The van der Waals surface area contributed by atoms with Gasteiger partial charge >= 0.3 is 0 Å². The molecule has 0 saturated carbocycles. The van der Waals surface area contributed by atoms with Gasteiger partial charge in [-0.1, -0.05) is 21.6 Å². The first kappa shape index (κ1) is 20.7. The maximum atomic E-state index is 13.4. The lowest BCUT2D eigenvalue weighted by Crippen LogP contribution is -2.06. The van der Waals surface area contributed by atoms with Crippen LogP contribution in [0.25, 0.3) is 0 Å². The molecule has 26 heavy (non-hydrogen) atoms. The summed E-state index contributed by atoms with van der Waals surface area (Å²) < 4.78 is 132. The van der Waals surface area contributed by atoms with Crippen LogP contribution >= 0.6 is 21.6 Å². The summed E-state index contributed by atoms with van der Waals surface area (Å²) in [6, 6.07) is 0. The molecule has 0 aliphatic carbocycles. The van der Waals surface area contributed by atoms with Crippen LogP contribution in [0.4, 0.5) is 43.9 Å². The van der Waals surface area contributed by atoms with Crippen molar-refractivity contribution >= 4 is 21.6 Å². The molecule has 142 valence electrons. The summed E-state index contributed by atoms with van der Waals surface area (Å²) in [5.41, 5.74) is -2.37. The second kappa shape index (κ2) is 7.99. The van der Waals surface area contributed by atoms with Crippen molar-refractivity contribution < 1.29 is 43.9 Å². The Bertz CT molecular complexity index is 738. The highest BCUT2D eigenvalue weighted by atomic mass is 33.1. The zero-order valence-corrected chi connectivity index (χ0v) is 13.6. The summed E-state index contributed by atoms with van der Waals surface area (Å²) in [5.74, 6) is -23.3. The third-order valence-electron chi connectivity index (χ3n) is 3.09. The van der Waals surface area contributed by atoms with Crippen LogP contribution in [-0.4, -0.2) is 0 Å². The van der Waals surface area contributed by atoms with Gasteiger partial charge in [-0.15, -0.1) is 0 Å². The molecule has 0 aromatic heterocycles. The van der Waals surface area contributed by atoms with E-state index < -0.39 is 80.8 Å². The second-order valence-corrected chi connectivity index (χ2v) is 7.08. The van der Waals surface area contributed by atoms with Crippen molar-refractivity contribution in [3.05, 3.63) is 69.3 Å². The van der Waals surface area contributed by atoms with Gasteiger partial charge in [0.25, 0.3) is 0 Å². The molecule has 12 heteroatoms. The van der Waals surface area contributed by atoms with Crippen LogP contribution < -0.4 is 0 Å². The van der Waals surface area contributed by atoms with E-state index in [0.717, 1.165) is 0 Å². The predicted octanol–water partition coefficient (Wildman–Crippen LogP) is 6.16. The fourth-order valence-corrected chi connectivity index (χ4v) is 3.87. The molecule has 0 saturated heterocycles. The Morgan fingerprint density at radius 1 is 0.346 bits per heavy atom. The molecule has 0 fully saturated rings. The zero-order chi connectivity index (χ0) is 19.8. The summed E-state index contributed by atoms with van der Waals surface area (Å²) >= 11 is 0. The summed E-state index contributed by atoms with van der Waals surface area (Å²) in [6.45, 7) is 0. The molecule has 0 N–H and O–H groups in total. The van der Waals surface area contributed by atoms with E-state index in [2.05, 4.69) is 0 Å². The highest BCUT2D eigenvalue weighted by Gasteiger charge is 2.27. The molecule has 0 aliphatic rings. The smallest absolute Gasteiger partial charge is 0.200 e. The SMILES string of the molecule is Fc1c(F)c(F)c(CSSCc2c(F)c(F)c(F)c(F)c2F)c(F)c1F. The van der Waals surface area contributed by atoms with Crippen molar-refractivity contribution in [3.63, 3.8) is 0 Å². The van der Waals surface area contributed by atoms with Gasteiger partial charge in [0.15, 0.2) is 46.5 Å². The van der Waals surface area contributed by atoms with Crippen LogP contribution in [0, 0.1) is 58.2 Å². The third-order valence-corrected chi connectivity index (χ3v) is 5.28. The molecular weight excluding hydrogens is 422 g/mol. The fourth-order valence-electron chi connectivity index (χ4n) is 1.76.